The van der Waals surface area contributed by atoms with Crippen molar-refractivity contribution in [2.24, 2.45) is 0 Å². The van der Waals surface area contributed by atoms with Gasteiger partial charge in [-0.25, -0.2) is 0 Å². The van der Waals surface area contributed by atoms with Crippen LogP contribution in [-0.2, 0) is 18.9 Å². The molecule has 0 saturated carbocycles. The van der Waals surface area contributed by atoms with E-state index in [-0.39, 0.29) is 0 Å². The highest BCUT2D eigenvalue weighted by Crippen LogP contribution is 2.14. The molecule has 0 rings (SSSR count). The Bertz CT molecular complexity index is 427. The van der Waals surface area contributed by atoms with Crippen LogP contribution in [0.4, 0.5) is 0 Å². The molecule has 0 unspecified atom stereocenters. The summed E-state index contributed by atoms with van der Waals surface area (Å²) in [7, 11) is 0. The van der Waals surface area contributed by atoms with Crippen LogP contribution in [0.15, 0.2) is 0 Å². The van der Waals surface area contributed by atoms with Crippen molar-refractivity contribution in [3.05, 3.63) is 0 Å². The summed E-state index contributed by atoms with van der Waals surface area (Å²) in [6.07, 6.45) is 28.7. The first-order chi connectivity index (χ1) is 17.9. The van der Waals surface area contributed by atoms with Gasteiger partial charge in [0, 0.05) is 6.61 Å². The molecule has 0 aliphatic rings. The van der Waals surface area contributed by atoms with Crippen molar-refractivity contribution in [1.82, 2.24) is 0 Å². The summed E-state index contributed by atoms with van der Waals surface area (Å²) in [5.41, 5.74) is 0. The van der Waals surface area contributed by atoms with E-state index in [2.05, 4.69) is 6.92 Å². The lowest BCUT2D eigenvalue weighted by molar-refractivity contribution is -0.00160. The maximum atomic E-state index is 8.39. The normalized spacial score (nSPS) is 11.2. The van der Waals surface area contributed by atoms with E-state index in [1.165, 1.54) is 122 Å². The van der Waals surface area contributed by atoms with Crippen LogP contribution in [0.5, 0.6) is 0 Å². The predicted octanol–water partition coefficient (Wildman–Crippen LogP) is 8.79. The van der Waals surface area contributed by atoms with E-state index in [0.717, 1.165) is 13.0 Å². The zero-order valence-electron chi connectivity index (χ0n) is 24.1. The van der Waals surface area contributed by atoms with Crippen LogP contribution in [0.1, 0.15) is 142 Å². The highest BCUT2D eigenvalue weighted by molar-refractivity contribution is 4.66. The Balaban J connectivity index is 3.01. The topological polar surface area (TPSA) is 60.7 Å². The van der Waals surface area contributed by atoms with E-state index in [0.29, 0.717) is 52.7 Å². The van der Waals surface area contributed by atoms with E-state index in [1.54, 1.807) is 0 Å². The SMILES string of the molecule is CCCCCCCCCCCCCCCCCCCCCCOCCOCCOCCOCCC#N. The summed E-state index contributed by atoms with van der Waals surface area (Å²) >= 11 is 0. The Morgan fingerprint density at radius 2 is 0.639 bits per heavy atom. The average molecular weight is 512 g/mol. The van der Waals surface area contributed by atoms with Gasteiger partial charge in [0.15, 0.2) is 0 Å². The minimum atomic E-state index is 0.433. The molecule has 0 aromatic carbocycles. The number of unbranched alkanes of at least 4 members (excludes halogenated alkanes) is 19. The van der Waals surface area contributed by atoms with Crippen LogP contribution in [0.2, 0.25) is 0 Å². The predicted molar refractivity (Wildman–Crippen MR) is 152 cm³/mol. The Morgan fingerprint density at radius 3 is 0.972 bits per heavy atom. The number of nitrogens with zero attached hydrogens (tertiary/aromatic N) is 1. The molecule has 214 valence electrons. The largest absolute Gasteiger partial charge is 0.379 e. The Kier molecular flexibility index (Phi) is 33.7. The third-order valence-electron chi connectivity index (χ3n) is 6.62. The van der Waals surface area contributed by atoms with Gasteiger partial charge < -0.3 is 18.9 Å². The monoisotopic (exact) mass is 511 g/mol. The molecule has 36 heavy (non-hydrogen) atoms. The third kappa shape index (κ3) is 33.3. The molecular formula is C31H61NO4. The fourth-order valence-electron chi connectivity index (χ4n) is 4.34. The maximum Gasteiger partial charge on any atom is 0.0701 e. The molecule has 0 radical (unpaired) electrons. The van der Waals surface area contributed by atoms with Crippen molar-refractivity contribution in [2.45, 2.75) is 142 Å². The molecule has 5 nitrogen and oxygen atoms in total. The first-order valence-electron chi connectivity index (χ1n) is 15.6. The van der Waals surface area contributed by atoms with E-state index in [9.17, 15) is 0 Å². The molecule has 0 amide bonds. The van der Waals surface area contributed by atoms with Gasteiger partial charge in [-0.15, -0.1) is 0 Å². The van der Waals surface area contributed by atoms with Crippen molar-refractivity contribution in [2.75, 3.05) is 52.9 Å². The van der Waals surface area contributed by atoms with Gasteiger partial charge in [0.2, 0.25) is 0 Å². The molecule has 0 atom stereocenters. The number of rotatable bonds is 32. The van der Waals surface area contributed by atoms with Gasteiger partial charge in [0.25, 0.3) is 0 Å². The van der Waals surface area contributed by atoms with Gasteiger partial charge in [-0.1, -0.05) is 129 Å². The molecule has 0 spiro atoms. The molecule has 5 heteroatoms. The zero-order valence-corrected chi connectivity index (χ0v) is 24.1. The van der Waals surface area contributed by atoms with Gasteiger partial charge in [-0.05, 0) is 6.42 Å². The van der Waals surface area contributed by atoms with Crippen molar-refractivity contribution in [3.63, 3.8) is 0 Å². The van der Waals surface area contributed by atoms with Crippen LogP contribution < -0.4 is 0 Å². The van der Waals surface area contributed by atoms with Gasteiger partial charge in [0.1, 0.15) is 0 Å². The second-order valence-corrected chi connectivity index (χ2v) is 10.1. The Hall–Kier alpha value is -0.670. The minimum absolute atomic E-state index is 0.433. The van der Waals surface area contributed by atoms with Crippen LogP contribution in [0.3, 0.4) is 0 Å². The zero-order chi connectivity index (χ0) is 26.0. The minimum Gasteiger partial charge on any atom is -0.379 e. The first kappa shape index (κ1) is 35.3. The van der Waals surface area contributed by atoms with E-state index in [4.69, 9.17) is 24.2 Å². The fourth-order valence-corrected chi connectivity index (χ4v) is 4.34. The number of nitriles is 1. The molecule has 0 bridgehead atoms. The summed E-state index contributed by atoms with van der Waals surface area (Å²) in [4.78, 5) is 0. The van der Waals surface area contributed by atoms with E-state index < -0.39 is 0 Å². The smallest absolute Gasteiger partial charge is 0.0701 e. The number of hydrogen-bond acceptors (Lipinski definition) is 5. The summed E-state index contributed by atoms with van der Waals surface area (Å²) in [6.45, 7) is 7.14. The lowest BCUT2D eigenvalue weighted by Gasteiger charge is -2.07. The molecule has 0 N–H and O–H groups in total. The third-order valence-corrected chi connectivity index (χ3v) is 6.62. The molecule has 0 aromatic heterocycles. The Morgan fingerprint density at radius 1 is 0.361 bits per heavy atom. The quantitative estimate of drug-likeness (QED) is 0.0844. The fraction of sp³-hybridized carbons (Fsp3) is 0.968. The summed E-state index contributed by atoms with van der Waals surface area (Å²) in [6, 6.07) is 2.04. The van der Waals surface area contributed by atoms with Crippen molar-refractivity contribution < 1.29 is 18.9 Å². The van der Waals surface area contributed by atoms with Crippen LogP contribution >= 0.6 is 0 Å². The maximum absolute atomic E-state index is 8.39. The van der Waals surface area contributed by atoms with Crippen LogP contribution in [0, 0.1) is 11.3 Å². The highest BCUT2D eigenvalue weighted by atomic mass is 16.6. The van der Waals surface area contributed by atoms with Crippen molar-refractivity contribution in [3.8, 4) is 6.07 Å². The molecule has 0 heterocycles. The number of ether oxygens (including phenoxy) is 4. The molecule has 0 aromatic rings. The van der Waals surface area contributed by atoms with E-state index in [1.807, 2.05) is 6.07 Å². The standard InChI is InChI=1S/C31H61NO4/c1-2-3-4-5-6-7-8-9-10-11-12-13-14-15-16-17-18-19-20-21-24-33-26-28-35-30-31-36-29-27-34-25-22-23-32/h2-22,24-31H2,1H3. The van der Waals surface area contributed by atoms with E-state index >= 15 is 0 Å². The summed E-state index contributed by atoms with van der Waals surface area (Å²) in [5, 5.41) is 8.39. The first-order valence-corrected chi connectivity index (χ1v) is 15.6. The van der Waals surface area contributed by atoms with Crippen molar-refractivity contribution >= 4 is 0 Å². The average Bonchev–Trinajstić information content (AvgIpc) is 2.89. The Labute approximate surface area is 225 Å². The van der Waals surface area contributed by atoms with Gasteiger partial charge in [-0.3, -0.25) is 0 Å². The van der Waals surface area contributed by atoms with Gasteiger partial charge in [0.05, 0.1) is 58.7 Å². The molecular weight excluding hydrogens is 450 g/mol. The molecule has 0 saturated heterocycles. The second-order valence-electron chi connectivity index (χ2n) is 10.1. The summed E-state index contributed by atoms with van der Waals surface area (Å²) in [5.74, 6) is 0. The molecule has 0 aliphatic heterocycles. The van der Waals surface area contributed by atoms with Crippen molar-refractivity contribution in [1.29, 1.82) is 5.26 Å². The van der Waals surface area contributed by atoms with Gasteiger partial charge >= 0.3 is 0 Å². The van der Waals surface area contributed by atoms with Crippen LogP contribution in [0.25, 0.3) is 0 Å². The number of hydrogen-bond donors (Lipinski definition) is 0. The van der Waals surface area contributed by atoms with Gasteiger partial charge in [-0.2, -0.15) is 5.26 Å². The molecule has 0 aliphatic carbocycles. The lowest BCUT2D eigenvalue weighted by Crippen LogP contribution is -2.12. The highest BCUT2D eigenvalue weighted by Gasteiger charge is 1.96. The van der Waals surface area contributed by atoms with Crippen LogP contribution in [-0.4, -0.2) is 52.9 Å². The second kappa shape index (κ2) is 34.3. The lowest BCUT2D eigenvalue weighted by atomic mass is 10.0. The summed E-state index contributed by atoms with van der Waals surface area (Å²) < 4.78 is 21.8. The molecule has 0 fully saturated rings.